The van der Waals surface area contributed by atoms with Gasteiger partial charge in [0.15, 0.2) is 9.84 Å². The van der Waals surface area contributed by atoms with E-state index >= 15 is 0 Å². The lowest BCUT2D eigenvalue weighted by molar-refractivity contribution is -0.127. The van der Waals surface area contributed by atoms with E-state index in [4.69, 9.17) is 4.74 Å². The van der Waals surface area contributed by atoms with Gasteiger partial charge in [0, 0.05) is 13.1 Å². The van der Waals surface area contributed by atoms with Crippen molar-refractivity contribution in [3.05, 3.63) is 41.1 Å². The number of carbonyl (C=O) groups excluding carboxylic acids is 2. The summed E-state index contributed by atoms with van der Waals surface area (Å²) in [5.74, 6) is 0.557. The van der Waals surface area contributed by atoms with Crippen LogP contribution >= 0.6 is 0 Å². The second kappa shape index (κ2) is 6.26. The number of carbonyl (C=O) groups is 2. The Kier molecular flexibility index (Phi) is 4.14. The van der Waals surface area contributed by atoms with Gasteiger partial charge in [0.1, 0.15) is 5.75 Å². The van der Waals surface area contributed by atoms with Gasteiger partial charge in [0.25, 0.3) is 5.91 Å². The van der Waals surface area contributed by atoms with E-state index in [1.54, 1.807) is 31.2 Å². The van der Waals surface area contributed by atoms with Crippen LogP contribution in [0.2, 0.25) is 0 Å². The minimum absolute atomic E-state index is 0.0163. The maximum Gasteiger partial charge on any atom is 0.322 e. The van der Waals surface area contributed by atoms with Gasteiger partial charge >= 0.3 is 6.03 Å². The van der Waals surface area contributed by atoms with Crippen LogP contribution in [0.4, 0.5) is 4.79 Å². The van der Waals surface area contributed by atoms with Crippen molar-refractivity contribution >= 4 is 21.8 Å². The first-order valence-electron chi connectivity index (χ1n) is 8.73. The number of likely N-dealkylation sites (N-methyl/N-ethyl adjacent to an activating group) is 1. The summed E-state index contributed by atoms with van der Waals surface area (Å²) >= 11 is 0. The first-order valence-corrected chi connectivity index (χ1v) is 10.6. The smallest absolute Gasteiger partial charge is 0.322 e. The SMILES string of the molecule is COc1ccc([C@@H]2NC(=O)N(C)C3=C2C(=O)N([C@H]2CCS(=O)(=O)C2)C3)cc1. The summed E-state index contributed by atoms with van der Waals surface area (Å²) < 4.78 is 28.8. The number of ether oxygens (including phenoxy) is 1. The van der Waals surface area contributed by atoms with Crippen LogP contribution in [0.1, 0.15) is 18.0 Å². The van der Waals surface area contributed by atoms with Gasteiger partial charge in [-0.1, -0.05) is 12.1 Å². The van der Waals surface area contributed by atoms with Crippen molar-refractivity contribution < 1.29 is 22.7 Å². The molecule has 0 bridgehead atoms. The average molecular weight is 391 g/mol. The molecule has 27 heavy (non-hydrogen) atoms. The molecule has 2 atom stereocenters. The highest BCUT2D eigenvalue weighted by atomic mass is 32.2. The van der Waals surface area contributed by atoms with Crippen molar-refractivity contribution in [2.75, 3.05) is 32.2 Å². The van der Waals surface area contributed by atoms with Crippen molar-refractivity contribution in [1.29, 1.82) is 0 Å². The molecule has 8 nitrogen and oxygen atoms in total. The minimum atomic E-state index is -3.11. The fourth-order valence-electron chi connectivity index (χ4n) is 3.95. The predicted molar refractivity (Wildman–Crippen MR) is 97.8 cm³/mol. The van der Waals surface area contributed by atoms with Gasteiger partial charge in [-0.25, -0.2) is 13.2 Å². The third-order valence-electron chi connectivity index (χ3n) is 5.49. The quantitative estimate of drug-likeness (QED) is 0.817. The van der Waals surface area contributed by atoms with Crippen LogP contribution in [0, 0.1) is 0 Å². The standard InChI is InChI=1S/C18H21N3O5S/c1-20-14-9-21(12-7-8-27(24,25)10-12)17(22)15(14)16(19-18(20)23)11-3-5-13(26-2)6-4-11/h3-6,12,16H,7-10H2,1-2H3,(H,19,23)/t12-,16-/m0/s1. The fraction of sp³-hybridized carbons (Fsp3) is 0.444. The number of rotatable bonds is 3. The molecule has 3 aliphatic rings. The molecule has 0 radical (unpaired) electrons. The van der Waals surface area contributed by atoms with Crippen molar-refractivity contribution in [1.82, 2.24) is 15.1 Å². The lowest BCUT2D eigenvalue weighted by Crippen LogP contribution is -2.45. The summed E-state index contributed by atoms with van der Waals surface area (Å²) in [7, 11) is 0.0833. The van der Waals surface area contributed by atoms with Crippen molar-refractivity contribution in [3.8, 4) is 5.75 Å². The average Bonchev–Trinajstić information content (AvgIpc) is 3.18. The van der Waals surface area contributed by atoms with Crippen LogP contribution in [0.25, 0.3) is 0 Å². The molecule has 0 aliphatic carbocycles. The molecule has 0 saturated carbocycles. The van der Waals surface area contributed by atoms with Crippen LogP contribution in [-0.4, -0.2) is 68.4 Å². The van der Waals surface area contributed by atoms with Crippen LogP contribution in [-0.2, 0) is 14.6 Å². The number of sulfone groups is 1. The Balaban J connectivity index is 1.68. The number of nitrogens with one attached hydrogen (secondary N) is 1. The van der Waals surface area contributed by atoms with Gasteiger partial charge in [0.05, 0.1) is 42.5 Å². The highest BCUT2D eigenvalue weighted by Gasteiger charge is 2.46. The lowest BCUT2D eigenvalue weighted by atomic mass is 9.95. The van der Waals surface area contributed by atoms with E-state index < -0.39 is 15.9 Å². The Morgan fingerprint density at radius 1 is 1.19 bits per heavy atom. The van der Waals surface area contributed by atoms with Gasteiger partial charge in [-0.05, 0) is 24.1 Å². The molecule has 3 amide bonds. The molecule has 0 spiro atoms. The number of hydrogen-bond acceptors (Lipinski definition) is 5. The summed E-state index contributed by atoms with van der Waals surface area (Å²) in [5.41, 5.74) is 1.92. The molecule has 1 N–H and O–H groups in total. The molecule has 1 aromatic carbocycles. The molecule has 3 aliphatic heterocycles. The van der Waals surface area contributed by atoms with E-state index in [0.29, 0.717) is 23.4 Å². The third kappa shape index (κ3) is 2.95. The molecule has 0 aromatic heterocycles. The molecule has 1 aromatic rings. The van der Waals surface area contributed by atoms with Crippen molar-refractivity contribution in [2.24, 2.45) is 0 Å². The molecule has 1 saturated heterocycles. The van der Waals surface area contributed by atoms with Crippen molar-refractivity contribution in [2.45, 2.75) is 18.5 Å². The first-order chi connectivity index (χ1) is 12.8. The summed E-state index contributed by atoms with van der Waals surface area (Å²) in [4.78, 5) is 28.6. The molecule has 0 unspecified atom stereocenters. The van der Waals surface area contributed by atoms with Gasteiger partial charge in [-0.15, -0.1) is 0 Å². The Bertz CT molecular complexity index is 938. The number of hydrogen-bond donors (Lipinski definition) is 1. The monoisotopic (exact) mass is 391 g/mol. The van der Waals surface area contributed by atoms with E-state index in [9.17, 15) is 18.0 Å². The maximum atomic E-state index is 13.2. The lowest BCUT2D eigenvalue weighted by Gasteiger charge is -2.31. The summed E-state index contributed by atoms with van der Waals surface area (Å²) in [5, 5.41) is 2.87. The first kappa shape index (κ1) is 17.8. The molecule has 9 heteroatoms. The summed E-state index contributed by atoms with van der Waals surface area (Å²) in [6.45, 7) is 0.255. The summed E-state index contributed by atoms with van der Waals surface area (Å²) in [6, 6.07) is 5.99. The Morgan fingerprint density at radius 3 is 2.48 bits per heavy atom. The topological polar surface area (TPSA) is 96.0 Å². The van der Waals surface area contributed by atoms with Crippen LogP contribution in [0.15, 0.2) is 35.5 Å². The Labute approximate surface area is 157 Å². The third-order valence-corrected chi connectivity index (χ3v) is 7.24. The number of benzene rings is 1. The van der Waals surface area contributed by atoms with E-state index in [1.807, 2.05) is 12.1 Å². The Hall–Kier alpha value is -2.55. The van der Waals surface area contributed by atoms with Crippen LogP contribution in [0.5, 0.6) is 5.75 Å². The molecular weight excluding hydrogens is 370 g/mol. The number of urea groups is 1. The largest absolute Gasteiger partial charge is 0.497 e. The second-order valence-corrected chi connectivity index (χ2v) is 9.29. The van der Waals surface area contributed by atoms with Gasteiger partial charge in [-0.3, -0.25) is 9.69 Å². The molecule has 1 fully saturated rings. The fourth-order valence-corrected chi connectivity index (χ4v) is 5.68. The zero-order valence-electron chi connectivity index (χ0n) is 15.1. The Morgan fingerprint density at radius 2 is 1.89 bits per heavy atom. The minimum Gasteiger partial charge on any atom is -0.497 e. The maximum absolute atomic E-state index is 13.2. The molecule has 3 heterocycles. The second-order valence-electron chi connectivity index (χ2n) is 7.06. The highest BCUT2D eigenvalue weighted by Crippen LogP contribution is 2.38. The zero-order chi connectivity index (χ0) is 19.3. The molecule has 4 rings (SSSR count). The van der Waals surface area contributed by atoms with Crippen LogP contribution < -0.4 is 10.1 Å². The van der Waals surface area contributed by atoms with Crippen LogP contribution in [0.3, 0.4) is 0 Å². The normalized spacial score (nSPS) is 27.0. The molecule has 144 valence electrons. The van der Waals surface area contributed by atoms with Gasteiger partial charge in [0.2, 0.25) is 0 Å². The number of amides is 3. The van der Waals surface area contributed by atoms with Gasteiger partial charge < -0.3 is 15.0 Å². The van der Waals surface area contributed by atoms with E-state index in [2.05, 4.69) is 5.32 Å². The highest BCUT2D eigenvalue weighted by molar-refractivity contribution is 7.91. The summed E-state index contributed by atoms with van der Waals surface area (Å²) in [6.07, 6.45) is 0.437. The zero-order valence-corrected chi connectivity index (χ0v) is 16.0. The van der Waals surface area contributed by atoms with Gasteiger partial charge in [-0.2, -0.15) is 0 Å². The van der Waals surface area contributed by atoms with Crippen molar-refractivity contribution in [3.63, 3.8) is 0 Å². The molecular formula is C18H21N3O5S. The van der Waals surface area contributed by atoms with E-state index in [-0.39, 0.29) is 36.0 Å². The van der Waals surface area contributed by atoms with E-state index in [1.165, 1.54) is 4.90 Å². The predicted octanol–water partition coefficient (Wildman–Crippen LogP) is 0.675. The number of methoxy groups -OCH3 is 1. The van der Waals surface area contributed by atoms with E-state index in [0.717, 1.165) is 5.56 Å². The number of nitrogens with zero attached hydrogens (tertiary/aromatic N) is 2.